The standard InChI is InChI=1S/C12H27NO/c1-5-6-11(4)8-13-12(9-14)7-10(2)3/h10-14H,5-9H2,1-4H3. The Labute approximate surface area is 89.1 Å². The lowest BCUT2D eigenvalue weighted by Crippen LogP contribution is -2.36. The van der Waals surface area contributed by atoms with E-state index >= 15 is 0 Å². The number of aliphatic hydroxyl groups is 1. The second kappa shape index (κ2) is 8.25. The van der Waals surface area contributed by atoms with Crippen LogP contribution in [0.2, 0.25) is 0 Å². The maximum atomic E-state index is 9.16. The minimum atomic E-state index is 0.261. The van der Waals surface area contributed by atoms with Crippen molar-refractivity contribution in [2.45, 2.75) is 53.0 Å². The molecule has 2 nitrogen and oxygen atoms in total. The zero-order chi connectivity index (χ0) is 11.0. The van der Waals surface area contributed by atoms with Crippen LogP contribution in [0.15, 0.2) is 0 Å². The van der Waals surface area contributed by atoms with E-state index in [1.807, 2.05) is 0 Å². The van der Waals surface area contributed by atoms with Gasteiger partial charge in [-0.05, 0) is 31.2 Å². The van der Waals surface area contributed by atoms with Gasteiger partial charge in [0.25, 0.3) is 0 Å². The van der Waals surface area contributed by atoms with Gasteiger partial charge in [-0.3, -0.25) is 0 Å². The molecule has 0 aliphatic carbocycles. The summed E-state index contributed by atoms with van der Waals surface area (Å²) in [6, 6.07) is 0.286. The summed E-state index contributed by atoms with van der Waals surface area (Å²) in [4.78, 5) is 0. The molecule has 0 radical (unpaired) electrons. The van der Waals surface area contributed by atoms with E-state index < -0.39 is 0 Å². The van der Waals surface area contributed by atoms with E-state index in [1.54, 1.807) is 0 Å². The van der Waals surface area contributed by atoms with Crippen molar-refractivity contribution in [3.63, 3.8) is 0 Å². The molecule has 2 unspecified atom stereocenters. The fourth-order valence-corrected chi connectivity index (χ4v) is 1.75. The van der Waals surface area contributed by atoms with Crippen LogP contribution in [0.3, 0.4) is 0 Å². The number of hydrogen-bond donors (Lipinski definition) is 2. The zero-order valence-electron chi connectivity index (χ0n) is 10.2. The summed E-state index contributed by atoms with van der Waals surface area (Å²) in [5, 5.41) is 12.6. The van der Waals surface area contributed by atoms with Crippen molar-refractivity contribution in [3.8, 4) is 0 Å². The van der Waals surface area contributed by atoms with Crippen molar-refractivity contribution in [3.05, 3.63) is 0 Å². The molecule has 0 fully saturated rings. The van der Waals surface area contributed by atoms with Gasteiger partial charge in [-0.15, -0.1) is 0 Å². The normalized spacial score (nSPS) is 15.9. The summed E-state index contributed by atoms with van der Waals surface area (Å²) in [7, 11) is 0. The van der Waals surface area contributed by atoms with Gasteiger partial charge in [0, 0.05) is 6.04 Å². The number of nitrogens with one attached hydrogen (secondary N) is 1. The lowest BCUT2D eigenvalue weighted by atomic mass is 10.0. The molecule has 0 aromatic heterocycles. The second-order valence-corrected chi connectivity index (χ2v) is 4.81. The molecular formula is C12H27NO. The first-order valence-corrected chi connectivity index (χ1v) is 5.94. The summed E-state index contributed by atoms with van der Waals surface area (Å²) >= 11 is 0. The number of hydrogen-bond acceptors (Lipinski definition) is 2. The summed E-state index contributed by atoms with van der Waals surface area (Å²) < 4.78 is 0. The Morgan fingerprint density at radius 2 is 1.86 bits per heavy atom. The lowest BCUT2D eigenvalue weighted by Gasteiger charge is -2.20. The van der Waals surface area contributed by atoms with E-state index in [0.717, 1.165) is 18.9 Å². The first kappa shape index (κ1) is 13.9. The zero-order valence-corrected chi connectivity index (χ0v) is 10.2. The van der Waals surface area contributed by atoms with E-state index in [2.05, 4.69) is 33.0 Å². The van der Waals surface area contributed by atoms with Crippen LogP contribution in [-0.2, 0) is 0 Å². The van der Waals surface area contributed by atoms with E-state index in [4.69, 9.17) is 5.11 Å². The summed E-state index contributed by atoms with van der Waals surface area (Å²) in [5.41, 5.74) is 0. The Hall–Kier alpha value is -0.0800. The fraction of sp³-hybridized carbons (Fsp3) is 1.00. The van der Waals surface area contributed by atoms with Crippen molar-refractivity contribution in [2.75, 3.05) is 13.2 Å². The summed E-state index contributed by atoms with van der Waals surface area (Å²) in [6.45, 7) is 10.2. The molecule has 0 spiro atoms. The van der Waals surface area contributed by atoms with Crippen LogP contribution in [-0.4, -0.2) is 24.3 Å². The molecule has 2 N–H and O–H groups in total. The van der Waals surface area contributed by atoms with Crippen LogP contribution >= 0.6 is 0 Å². The Kier molecular flexibility index (Phi) is 8.20. The Balaban J connectivity index is 3.60. The second-order valence-electron chi connectivity index (χ2n) is 4.81. The van der Waals surface area contributed by atoms with Crippen molar-refractivity contribution in [1.82, 2.24) is 5.32 Å². The average Bonchev–Trinajstić information content (AvgIpc) is 2.12. The molecular weight excluding hydrogens is 174 g/mol. The highest BCUT2D eigenvalue weighted by Gasteiger charge is 2.10. The van der Waals surface area contributed by atoms with Gasteiger partial charge < -0.3 is 10.4 Å². The highest BCUT2D eigenvalue weighted by Crippen LogP contribution is 2.07. The molecule has 0 amide bonds. The SMILES string of the molecule is CCCC(C)CNC(CO)CC(C)C. The highest BCUT2D eigenvalue weighted by molar-refractivity contribution is 4.68. The maximum Gasteiger partial charge on any atom is 0.0584 e. The molecule has 0 aromatic rings. The first-order chi connectivity index (χ1) is 6.60. The molecule has 0 aromatic carbocycles. The van der Waals surface area contributed by atoms with E-state index in [1.165, 1.54) is 12.8 Å². The van der Waals surface area contributed by atoms with Crippen LogP contribution in [0.25, 0.3) is 0 Å². The lowest BCUT2D eigenvalue weighted by molar-refractivity contribution is 0.219. The van der Waals surface area contributed by atoms with Crippen LogP contribution in [0, 0.1) is 11.8 Å². The van der Waals surface area contributed by atoms with Gasteiger partial charge in [0.05, 0.1) is 6.61 Å². The highest BCUT2D eigenvalue weighted by atomic mass is 16.3. The molecule has 86 valence electrons. The quantitative estimate of drug-likeness (QED) is 0.632. The summed E-state index contributed by atoms with van der Waals surface area (Å²) in [6.07, 6.45) is 3.58. The monoisotopic (exact) mass is 201 g/mol. The van der Waals surface area contributed by atoms with Crippen molar-refractivity contribution in [2.24, 2.45) is 11.8 Å². The van der Waals surface area contributed by atoms with E-state index in [-0.39, 0.29) is 12.6 Å². The molecule has 0 aliphatic rings. The summed E-state index contributed by atoms with van der Waals surface area (Å²) in [5.74, 6) is 1.38. The van der Waals surface area contributed by atoms with E-state index in [0.29, 0.717) is 5.92 Å². The van der Waals surface area contributed by atoms with Crippen molar-refractivity contribution in [1.29, 1.82) is 0 Å². The molecule has 2 heteroatoms. The van der Waals surface area contributed by atoms with Gasteiger partial charge in [-0.25, -0.2) is 0 Å². The first-order valence-electron chi connectivity index (χ1n) is 5.94. The molecule has 14 heavy (non-hydrogen) atoms. The van der Waals surface area contributed by atoms with Gasteiger partial charge in [0.15, 0.2) is 0 Å². The van der Waals surface area contributed by atoms with Crippen LogP contribution in [0.5, 0.6) is 0 Å². The Morgan fingerprint density at radius 3 is 2.29 bits per heavy atom. The molecule has 0 saturated carbocycles. The third-order valence-corrected chi connectivity index (χ3v) is 2.51. The van der Waals surface area contributed by atoms with Gasteiger partial charge in [-0.1, -0.05) is 34.1 Å². The predicted molar refractivity (Wildman–Crippen MR) is 62.4 cm³/mol. The molecule has 0 saturated heterocycles. The molecule has 2 atom stereocenters. The largest absolute Gasteiger partial charge is 0.395 e. The minimum absolute atomic E-state index is 0.261. The van der Waals surface area contributed by atoms with Gasteiger partial charge in [0.2, 0.25) is 0 Å². The number of aliphatic hydroxyl groups excluding tert-OH is 1. The maximum absolute atomic E-state index is 9.16. The number of rotatable bonds is 8. The third-order valence-electron chi connectivity index (χ3n) is 2.51. The average molecular weight is 201 g/mol. The minimum Gasteiger partial charge on any atom is -0.395 e. The van der Waals surface area contributed by atoms with Crippen LogP contribution in [0.4, 0.5) is 0 Å². The van der Waals surface area contributed by atoms with Crippen molar-refractivity contribution >= 4 is 0 Å². The predicted octanol–water partition coefficient (Wildman–Crippen LogP) is 2.42. The van der Waals surface area contributed by atoms with Crippen LogP contribution < -0.4 is 5.32 Å². The Bertz CT molecular complexity index is 125. The van der Waals surface area contributed by atoms with Gasteiger partial charge in [-0.2, -0.15) is 0 Å². The molecule has 0 heterocycles. The fourth-order valence-electron chi connectivity index (χ4n) is 1.75. The van der Waals surface area contributed by atoms with Gasteiger partial charge >= 0.3 is 0 Å². The molecule has 0 rings (SSSR count). The van der Waals surface area contributed by atoms with Gasteiger partial charge in [0.1, 0.15) is 0 Å². The Morgan fingerprint density at radius 1 is 1.21 bits per heavy atom. The molecule has 0 aliphatic heterocycles. The topological polar surface area (TPSA) is 32.3 Å². The smallest absolute Gasteiger partial charge is 0.0584 e. The third kappa shape index (κ3) is 7.34. The van der Waals surface area contributed by atoms with Crippen molar-refractivity contribution < 1.29 is 5.11 Å². The van der Waals surface area contributed by atoms with Crippen LogP contribution in [0.1, 0.15) is 47.0 Å². The van der Waals surface area contributed by atoms with E-state index in [9.17, 15) is 0 Å². The molecule has 0 bridgehead atoms.